The molecule has 0 atom stereocenters. The van der Waals surface area contributed by atoms with Crippen LogP contribution in [0.5, 0.6) is 0 Å². The highest BCUT2D eigenvalue weighted by molar-refractivity contribution is 6.18. The number of hydrogen-bond acceptors (Lipinski definition) is 3. The van der Waals surface area contributed by atoms with E-state index in [1.165, 1.54) is 5.56 Å². The summed E-state index contributed by atoms with van der Waals surface area (Å²) in [6.07, 6.45) is 2.26. The zero-order valence-corrected chi connectivity index (χ0v) is 14.4. The molecule has 22 heavy (non-hydrogen) atoms. The molecule has 0 saturated carbocycles. The molecule has 0 aromatic heterocycles. The molecule has 4 nitrogen and oxygen atoms in total. The minimum absolute atomic E-state index is 0.0671. The highest BCUT2D eigenvalue weighted by Gasteiger charge is 2.05. The molecule has 1 aromatic carbocycles. The van der Waals surface area contributed by atoms with Crippen LogP contribution in [0, 0.1) is 0 Å². The van der Waals surface area contributed by atoms with Crippen molar-refractivity contribution in [2.75, 3.05) is 42.8 Å². The van der Waals surface area contributed by atoms with Crippen molar-refractivity contribution in [1.29, 1.82) is 0 Å². The van der Waals surface area contributed by atoms with Crippen molar-refractivity contribution >= 4 is 34.8 Å². The van der Waals surface area contributed by atoms with Gasteiger partial charge in [0.1, 0.15) is 0 Å². The third kappa shape index (κ3) is 7.34. The molecular formula is C16H25Cl2N3O. The second-order valence-electron chi connectivity index (χ2n) is 5.02. The molecular weight excluding hydrogens is 321 g/mol. The van der Waals surface area contributed by atoms with E-state index in [0.717, 1.165) is 31.6 Å². The molecule has 0 radical (unpaired) electrons. The van der Waals surface area contributed by atoms with Gasteiger partial charge in [0.15, 0.2) is 0 Å². The first kappa shape index (κ1) is 19.1. The Morgan fingerprint density at radius 1 is 1.14 bits per heavy atom. The Morgan fingerprint density at radius 3 is 2.32 bits per heavy atom. The second-order valence-corrected chi connectivity index (χ2v) is 5.78. The summed E-state index contributed by atoms with van der Waals surface area (Å²) in [6.45, 7) is 2.60. The van der Waals surface area contributed by atoms with Crippen LogP contribution in [-0.2, 0) is 11.2 Å². The molecule has 1 amide bonds. The van der Waals surface area contributed by atoms with Crippen molar-refractivity contribution < 1.29 is 4.79 Å². The molecule has 0 aliphatic rings. The molecule has 0 heterocycles. The van der Waals surface area contributed by atoms with Crippen LogP contribution in [0.2, 0.25) is 0 Å². The number of aryl methyl sites for hydroxylation is 1. The summed E-state index contributed by atoms with van der Waals surface area (Å²) in [5.74, 6) is 1.23. The summed E-state index contributed by atoms with van der Waals surface area (Å²) in [5, 5.41) is 2.78. The maximum Gasteiger partial charge on any atom is 0.220 e. The zero-order chi connectivity index (χ0) is 16.2. The second kappa shape index (κ2) is 11.6. The molecule has 0 aliphatic heterocycles. The molecule has 1 aromatic rings. The normalized spacial score (nSPS) is 10.5. The van der Waals surface area contributed by atoms with Crippen molar-refractivity contribution in [1.82, 2.24) is 5.32 Å². The first-order chi connectivity index (χ1) is 10.7. The number of nitrogens with one attached hydrogen (secondary N) is 1. The van der Waals surface area contributed by atoms with Gasteiger partial charge in [-0.05, 0) is 30.5 Å². The van der Waals surface area contributed by atoms with Crippen LogP contribution in [0.3, 0.4) is 0 Å². The van der Waals surface area contributed by atoms with Gasteiger partial charge in [0, 0.05) is 50.0 Å². The summed E-state index contributed by atoms with van der Waals surface area (Å²) < 4.78 is 0. The van der Waals surface area contributed by atoms with Gasteiger partial charge in [-0.25, -0.2) is 0 Å². The number of amides is 1. The highest BCUT2D eigenvalue weighted by atomic mass is 35.5. The summed E-state index contributed by atoms with van der Waals surface area (Å²) in [5.41, 5.74) is 7.70. The third-order valence-corrected chi connectivity index (χ3v) is 3.68. The van der Waals surface area contributed by atoms with Gasteiger partial charge in [-0.3, -0.25) is 4.79 Å². The Hall–Kier alpha value is -0.970. The van der Waals surface area contributed by atoms with Gasteiger partial charge in [0.2, 0.25) is 5.91 Å². The number of benzene rings is 1. The minimum atomic E-state index is 0.0671. The zero-order valence-electron chi connectivity index (χ0n) is 12.9. The molecule has 6 heteroatoms. The van der Waals surface area contributed by atoms with E-state index in [2.05, 4.69) is 34.5 Å². The smallest absolute Gasteiger partial charge is 0.220 e. The highest BCUT2D eigenvalue weighted by Crippen LogP contribution is 2.16. The van der Waals surface area contributed by atoms with Crippen molar-refractivity contribution in [3.63, 3.8) is 0 Å². The number of nitrogens with zero attached hydrogens (tertiary/aromatic N) is 1. The average Bonchev–Trinajstić information content (AvgIpc) is 2.53. The van der Waals surface area contributed by atoms with Gasteiger partial charge >= 0.3 is 0 Å². The molecule has 0 fully saturated rings. The van der Waals surface area contributed by atoms with E-state index in [1.807, 2.05) is 0 Å². The molecule has 0 unspecified atom stereocenters. The predicted molar refractivity (Wildman–Crippen MR) is 95.1 cm³/mol. The maximum absolute atomic E-state index is 11.5. The number of carbonyl (C=O) groups excluding carboxylic acids is 1. The van der Waals surface area contributed by atoms with E-state index < -0.39 is 0 Å². The van der Waals surface area contributed by atoms with E-state index in [4.69, 9.17) is 28.9 Å². The van der Waals surface area contributed by atoms with Gasteiger partial charge in [-0.1, -0.05) is 12.1 Å². The topological polar surface area (TPSA) is 58.4 Å². The monoisotopic (exact) mass is 345 g/mol. The third-order valence-electron chi connectivity index (χ3n) is 3.35. The molecule has 0 saturated heterocycles. The number of hydrogen-bond donors (Lipinski definition) is 2. The fourth-order valence-corrected chi connectivity index (χ4v) is 2.61. The number of carbonyl (C=O) groups is 1. The molecule has 0 bridgehead atoms. The number of alkyl halides is 2. The van der Waals surface area contributed by atoms with Crippen molar-refractivity contribution in [3.8, 4) is 0 Å². The predicted octanol–water partition coefficient (Wildman–Crippen LogP) is 2.37. The first-order valence-corrected chi connectivity index (χ1v) is 8.70. The lowest BCUT2D eigenvalue weighted by molar-refractivity contribution is -0.121. The SMILES string of the molecule is NCCNC(=O)CCCc1ccc(N(CCCl)CCCl)cc1. The fraction of sp³-hybridized carbons (Fsp3) is 0.562. The van der Waals surface area contributed by atoms with Crippen LogP contribution in [0.1, 0.15) is 18.4 Å². The summed E-state index contributed by atoms with van der Waals surface area (Å²) in [6, 6.07) is 8.37. The van der Waals surface area contributed by atoms with Crippen LogP contribution in [0.25, 0.3) is 0 Å². The van der Waals surface area contributed by atoms with Gasteiger partial charge in [-0.15, -0.1) is 23.2 Å². The number of rotatable bonds is 11. The molecule has 0 aliphatic carbocycles. The van der Waals surface area contributed by atoms with E-state index >= 15 is 0 Å². The van der Waals surface area contributed by atoms with E-state index in [1.54, 1.807) is 0 Å². The molecule has 3 N–H and O–H groups in total. The Bertz CT molecular complexity index is 420. The van der Waals surface area contributed by atoms with Gasteiger partial charge < -0.3 is 16.0 Å². The van der Waals surface area contributed by atoms with Crippen LogP contribution < -0.4 is 16.0 Å². The number of anilines is 1. The molecule has 124 valence electrons. The Balaban J connectivity index is 2.42. The molecule has 0 spiro atoms. The lowest BCUT2D eigenvalue weighted by Gasteiger charge is -2.23. The molecule has 1 rings (SSSR count). The van der Waals surface area contributed by atoms with Crippen molar-refractivity contribution in [2.45, 2.75) is 19.3 Å². The van der Waals surface area contributed by atoms with Gasteiger partial charge in [0.25, 0.3) is 0 Å². The Kier molecular flexibility index (Phi) is 10.0. The number of nitrogens with two attached hydrogens (primary N) is 1. The lowest BCUT2D eigenvalue weighted by Crippen LogP contribution is -2.28. The summed E-state index contributed by atoms with van der Waals surface area (Å²) in [7, 11) is 0. The maximum atomic E-state index is 11.5. The standard InChI is InChI=1S/C16H25Cl2N3O/c17-8-12-21(13-9-18)15-6-4-14(5-7-15)2-1-3-16(22)20-11-10-19/h4-7H,1-3,8-13,19H2,(H,20,22). The first-order valence-electron chi connectivity index (χ1n) is 7.63. The average molecular weight is 346 g/mol. The minimum Gasteiger partial charge on any atom is -0.369 e. The van der Waals surface area contributed by atoms with Crippen LogP contribution in [-0.4, -0.2) is 43.8 Å². The quantitative estimate of drug-likeness (QED) is 0.605. The van der Waals surface area contributed by atoms with E-state index in [9.17, 15) is 4.79 Å². The van der Waals surface area contributed by atoms with Crippen LogP contribution in [0.4, 0.5) is 5.69 Å². The van der Waals surface area contributed by atoms with Gasteiger partial charge in [0.05, 0.1) is 0 Å². The number of halogens is 2. The lowest BCUT2D eigenvalue weighted by atomic mass is 10.1. The Labute approximate surface area is 142 Å². The van der Waals surface area contributed by atoms with Crippen molar-refractivity contribution in [2.24, 2.45) is 5.73 Å². The fourth-order valence-electron chi connectivity index (χ4n) is 2.20. The van der Waals surface area contributed by atoms with Gasteiger partial charge in [-0.2, -0.15) is 0 Å². The van der Waals surface area contributed by atoms with E-state index in [-0.39, 0.29) is 5.91 Å². The summed E-state index contributed by atoms with van der Waals surface area (Å²) >= 11 is 11.6. The largest absolute Gasteiger partial charge is 0.369 e. The summed E-state index contributed by atoms with van der Waals surface area (Å²) in [4.78, 5) is 13.7. The Morgan fingerprint density at radius 2 is 1.77 bits per heavy atom. The van der Waals surface area contributed by atoms with Crippen molar-refractivity contribution in [3.05, 3.63) is 29.8 Å². The van der Waals surface area contributed by atoms with Crippen LogP contribution >= 0.6 is 23.2 Å². The van der Waals surface area contributed by atoms with E-state index in [0.29, 0.717) is 31.3 Å². The van der Waals surface area contributed by atoms with Crippen LogP contribution in [0.15, 0.2) is 24.3 Å².